The molecule has 158 valence electrons. The number of hydrogen-bond acceptors (Lipinski definition) is 3. The second kappa shape index (κ2) is 7.27. The number of alkyl halides is 3. The predicted octanol–water partition coefficient (Wildman–Crippen LogP) is 3.33. The van der Waals surface area contributed by atoms with Crippen LogP contribution in [0.5, 0.6) is 0 Å². The second-order valence-electron chi connectivity index (χ2n) is 8.96. The highest BCUT2D eigenvalue weighted by Gasteiger charge is 2.51. The Morgan fingerprint density at radius 1 is 1.17 bits per heavy atom. The third-order valence-electron chi connectivity index (χ3n) is 7.00. The SMILES string of the molecule is C[C@@H]([NH2+]C1C2CC3CC(C2)CC1C3)C(=O)Nc1ccc([N+](=O)[O-])cc1C(F)(F)F. The van der Waals surface area contributed by atoms with Gasteiger partial charge in [-0.25, -0.2) is 0 Å². The van der Waals surface area contributed by atoms with E-state index in [9.17, 15) is 28.1 Å². The van der Waals surface area contributed by atoms with Crippen molar-refractivity contribution >= 4 is 17.3 Å². The van der Waals surface area contributed by atoms with Crippen molar-refractivity contribution in [2.75, 3.05) is 5.32 Å². The fraction of sp³-hybridized carbons (Fsp3) is 0.650. The van der Waals surface area contributed by atoms with E-state index in [1.807, 2.05) is 5.32 Å². The molecule has 0 aromatic heterocycles. The number of non-ortho nitro benzene ring substituents is 1. The summed E-state index contributed by atoms with van der Waals surface area (Å²) in [5.41, 5.74) is -2.32. The number of hydrogen-bond donors (Lipinski definition) is 2. The molecule has 9 heteroatoms. The van der Waals surface area contributed by atoms with Crippen LogP contribution in [0.1, 0.15) is 44.6 Å². The monoisotopic (exact) mass is 412 g/mol. The van der Waals surface area contributed by atoms with Gasteiger partial charge in [0.15, 0.2) is 6.04 Å². The zero-order chi connectivity index (χ0) is 20.9. The molecule has 1 aromatic carbocycles. The van der Waals surface area contributed by atoms with Gasteiger partial charge in [-0.05, 0) is 56.9 Å². The van der Waals surface area contributed by atoms with E-state index >= 15 is 0 Å². The minimum atomic E-state index is -4.80. The number of rotatable bonds is 5. The van der Waals surface area contributed by atoms with Gasteiger partial charge in [-0.3, -0.25) is 14.9 Å². The lowest BCUT2D eigenvalue weighted by molar-refractivity contribution is -0.724. The van der Waals surface area contributed by atoms with Crippen molar-refractivity contribution in [1.29, 1.82) is 0 Å². The van der Waals surface area contributed by atoms with E-state index < -0.39 is 40.0 Å². The van der Waals surface area contributed by atoms with Crippen molar-refractivity contribution in [2.24, 2.45) is 23.7 Å². The molecule has 1 aromatic rings. The van der Waals surface area contributed by atoms with Crippen LogP contribution in [-0.4, -0.2) is 22.9 Å². The summed E-state index contributed by atoms with van der Waals surface area (Å²) >= 11 is 0. The number of benzene rings is 1. The van der Waals surface area contributed by atoms with Crippen LogP contribution < -0.4 is 10.6 Å². The first-order valence-corrected chi connectivity index (χ1v) is 10.1. The molecule has 29 heavy (non-hydrogen) atoms. The number of nitrogens with two attached hydrogens (primary N) is 1. The Morgan fingerprint density at radius 2 is 1.76 bits per heavy atom. The second-order valence-corrected chi connectivity index (χ2v) is 8.96. The van der Waals surface area contributed by atoms with Gasteiger partial charge in [0.25, 0.3) is 11.6 Å². The van der Waals surface area contributed by atoms with E-state index in [4.69, 9.17) is 0 Å². The third-order valence-corrected chi connectivity index (χ3v) is 7.00. The van der Waals surface area contributed by atoms with Gasteiger partial charge in [0.1, 0.15) is 0 Å². The van der Waals surface area contributed by atoms with Gasteiger partial charge in [-0.1, -0.05) is 0 Å². The van der Waals surface area contributed by atoms with Crippen LogP contribution in [0, 0.1) is 33.8 Å². The fourth-order valence-corrected chi connectivity index (χ4v) is 5.94. The lowest BCUT2D eigenvalue weighted by atomic mass is 9.54. The molecule has 0 spiro atoms. The number of halogens is 3. The highest BCUT2D eigenvalue weighted by molar-refractivity contribution is 5.94. The lowest BCUT2D eigenvalue weighted by Crippen LogP contribution is -2.99. The first-order valence-electron chi connectivity index (χ1n) is 10.1. The molecule has 3 N–H and O–H groups in total. The van der Waals surface area contributed by atoms with Gasteiger partial charge < -0.3 is 10.6 Å². The van der Waals surface area contributed by atoms with Gasteiger partial charge in [0.05, 0.1) is 22.2 Å². The average molecular weight is 412 g/mol. The third kappa shape index (κ3) is 3.97. The molecule has 4 saturated carbocycles. The Labute approximate surface area is 166 Å². The van der Waals surface area contributed by atoms with E-state index in [-0.39, 0.29) is 0 Å². The van der Waals surface area contributed by atoms with Crippen LogP contribution in [0.4, 0.5) is 24.5 Å². The van der Waals surface area contributed by atoms with Gasteiger partial charge in [-0.15, -0.1) is 0 Å². The van der Waals surface area contributed by atoms with Gasteiger partial charge in [0.2, 0.25) is 0 Å². The van der Waals surface area contributed by atoms with Crippen LogP contribution in [0.25, 0.3) is 0 Å². The van der Waals surface area contributed by atoms with Gasteiger partial charge in [0, 0.05) is 24.0 Å². The van der Waals surface area contributed by atoms with Crippen molar-refractivity contribution in [1.82, 2.24) is 0 Å². The minimum Gasteiger partial charge on any atom is -0.333 e. The summed E-state index contributed by atoms with van der Waals surface area (Å²) in [5.74, 6) is 2.28. The van der Waals surface area contributed by atoms with Crippen LogP contribution >= 0.6 is 0 Å². The normalized spacial score (nSPS) is 31.5. The first-order chi connectivity index (χ1) is 13.6. The average Bonchev–Trinajstić information content (AvgIpc) is 2.63. The van der Waals surface area contributed by atoms with Crippen LogP contribution in [0.3, 0.4) is 0 Å². The number of nitro groups is 1. The zero-order valence-electron chi connectivity index (χ0n) is 16.1. The number of carbonyl (C=O) groups excluding carboxylic acids is 1. The molecule has 4 aliphatic rings. The Balaban J connectivity index is 1.46. The van der Waals surface area contributed by atoms with Crippen LogP contribution in [0.2, 0.25) is 0 Å². The minimum absolute atomic E-state index is 0.350. The zero-order valence-corrected chi connectivity index (χ0v) is 16.1. The number of amides is 1. The Bertz CT molecular complexity index is 799. The summed E-state index contributed by atoms with van der Waals surface area (Å²) in [4.78, 5) is 22.6. The summed E-state index contributed by atoms with van der Waals surface area (Å²) in [6, 6.07) is 2.20. The topological polar surface area (TPSA) is 88.8 Å². The van der Waals surface area contributed by atoms with Crippen molar-refractivity contribution in [3.63, 3.8) is 0 Å². The van der Waals surface area contributed by atoms with E-state index in [0.717, 1.165) is 24.0 Å². The largest absolute Gasteiger partial charge is 0.418 e. The number of anilines is 1. The molecular formula is C20H25F3N3O3+. The molecule has 4 aliphatic carbocycles. The van der Waals surface area contributed by atoms with E-state index in [1.165, 1.54) is 32.1 Å². The number of quaternary nitrogens is 1. The molecule has 0 aliphatic heterocycles. The molecule has 5 rings (SSSR count). The molecule has 6 nitrogen and oxygen atoms in total. The smallest absolute Gasteiger partial charge is 0.333 e. The molecule has 1 atom stereocenters. The van der Waals surface area contributed by atoms with Crippen molar-refractivity contribution in [2.45, 2.75) is 57.3 Å². The van der Waals surface area contributed by atoms with E-state index in [2.05, 4.69) is 5.32 Å². The van der Waals surface area contributed by atoms with Gasteiger partial charge >= 0.3 is 6.18 Å². The number of nitrogens with one attached hydrogen (secondary N) is 1. The van der Waals surface area contributed by atoms with E-state index in [0.29, 0.717) is 23.9 Å². The van der Waals surface area contributed by atoms with E-state index in [1.54, 1.807) is 6.92 Å². The quantitative estimate of drug-likeness (QED) is 0.574. The molecule has 0 radical (unpaired) electrons. The maximum Gasteiger partial charge on any atom is 0.418 e. The summed E-state index contributed by atoms with van der Waals surface area (Å²) in [5, 5.41) is 15.2. The standard InChI is InChI=1S/C20H24F3N3O3/c1-10(24-18-13-5-11-4-12(7-13)8-14(18)6-11)19(27)25-17-3-2-15(26(28)29)9-16(17)20(21,22)23/h2-3,9-14,18,24H,4-8H2,1H3,(H,25,27)/p+1/t10-,11?,12?,13?,14?,18?/m1/s1. The summed E-state index contributed by atoms with van der Waals surface area (Å²) < 4.78 is 40.0. The fourth-order valence-electron chi connectivity index (χ4n) is 5.94. The molecule has 0 saturated heterocycles. The first kappa shape index (κ1) is 20.1. The summed E-state index contributed by atoms with van der Waals surface area (Å²) in [6.07, 6.45) is 1.32. The predicted molar refractivity (Wildman–Crippen MR) is 98.9 cm³/mol. The highest BCUT2D eigenvalue weighted by atomic mass is 19.4. The number of nitrogens with zero attached hydrogens (tertiary/aromatic N) is 1. The van der Waals surface area contributed by atoms with Crippen molar-refractivity contribution < 1.29 is 28.2 Å². The number of carbonyl (C=O) groups is 1. The maximum absolute atomic E-state index is 13.3. The molecule has 4 fully saturated rings. The van der Waals surface area contributed by atoms with Crippen molar-refractivity contribution in [3.05, 3.63) is 33.9 Å². The number of nitro benzene ring substituents is 1. The lowest BCUT2D eigenvalue weighted by Gasteiger charge is -2.53. The van der Waals surface area contributed by atoms with Crippen LogP contribution in [0.15, 0.2) is 18.2 Å². The van der Waals surface area contributed by atoms with Crippen LogP contribution in [-0.2, 0) is 11.0 Å². The Kier molecular flexibility index (Phi) is 5.04. The Hall–Kier alpha value is -2.16. The van der Waals surface area contributed by atoms with Crippen molar-refractivity contribution in [3.8, 4) is 0 Å². The molecule has 0 heterocycles. The molecule has 4 bridgehead atoms. The molecule has 1 amide bonds. The summed E-state index contributed by atoms with van der Waals surface area (Å²) in [6.45, 7) is 1.71. The highest BCUT2D eigenvalue weighted by Crippen LogP contribution is 2.52. The molecular weight excluding hydrogens is 387 g/mol. The van der Waals surface area contributed by atoms with Gasteiger partial charge in [-0.2, -0.15) is 13.2 Å². The summed E-state index contributed by atoms with van der Waals surface area (Å²) in [7, 11) is 0. The molecule has 0 unspecified atom stereocenters. The Morgan fingerprint density at radius 3 is 2.28 bits per heavy atom. The maximum atomic E-state index is 13.3.